The van der Waals surface area contributed by atoms with Gasteiger partial charge in [0.1, 0.15) is 11.2 Å². The highest BCUT2D eigenvalue weighted by Gasteiger charge is 2.35. The monoisotopic (exact) mass is 538 g/mol. The first-order chi connectivity index (χ1) is 20.6. The molecule has 4 heteroatoms. The number of hydrogen-bond acceptors (Lipinski definition) is 3. The van der Waals surface area contributed by atoms with E-state index in [9.17, 15) is 0 Å². The van der Waals surface area contributed by atoms with E-state index in [2.05, 4.69) is 127 Å². The summed E-state index contributed by atoms with van der Waals surface area (Å²) in [5, 5.41) is 4.82. The summed E-state index contributed by atoms with van der Waals surface area (Å²) < 4.78 is 2.29. The van der Waals surface area contributed by atoms with Crippen LogP contribution in [0.25, 0.3) is 71.9 Å². The summed E-state index contributed by atoms with van der Waals surface area (Å²) in [6.07, 6.45) is 1.79. The Labute approximate surface area is 242 Å². The molecule has 4 nitrogen and oxygen atoms in total. The molecule has 42 heavy (non-hydrogen) atoms. The van der Waals surface area contributed by atoms with Crippen LogP contribution in [0.15, 0.2) is 121 Å². The summed E-state index contributed by atoms with van der Waals surface area (Å²) in [4.78, 5) is 15.1. The van der Waals surface area contributed by atoms with Crippen molar-refractivity contribution in [2.45, 2.75) is 19.3 Å². The smallest absolute Gasteiger partial charge is 0.178 e. The minimum absolute atomic E-state index is 0.0577. The molecule has 3 aromatic heterocycles. The quantitative estimate of drug-likeness (QED) is 0.220. The van der Waals surface area contributed by atoms with E-state index in [1.54, 1.807) is 6.20 Å². The third kappa shape index (κ3) is 3.15. The maximum Gasteiger partial charge on any atom is 0.178 e. The molecule has 0 unspecified atom stereocenters. The summed E-state index contributed by atoms with van der Waals surface area (Å²) >= 11 is 0. The second kappa shape index (κ2) is 8.34. The summed E-state index contributed by atoms with van der Waals surface area (Å²) in [6, 6.07) is 41.2. The van der Waals surface area contributed by atoms with Crippen molar-refractivity contribution in [3.05, 3.63) is 133 Å². The van der Waals surface area contributed by atoms with Gasteiger partial charge in [0, 0.05) is 27.9 Å². The lowest BCUT2D eigenvalue weighted by molar-refractivity contribution is 0.660. The van der Waals surface area contributed by atoms with Crippen molar-refractivity contribution in [3.63, 3.8) is 0 Å². The van der Waals surface area contributed by atoms with Gasteiger partial charge in [0.15, 0.2) is 11.5 Å². The summed E-state index contributed by atoms with van der Waals surface area (Å²) in [6.45, 7) is 4.62. The molecular weight excluding hydrogens is 512 g/mol. The number of rotatable bonds is 2. The number of benzene rings is 5. The van der Waals surface area contributed by atoms with Gasteiger partial charge in [-0.15, -0.1) is 0 Å². The molecule has 8 aromatic rings. The van der Waals surface area contributed by atoms with Crippen molar-refractivity contribution in [3.8, 4) is 28.2 Å². The van der Waals surface area contributed by atoms with Crippen LogP contribution < -0.4 is 0 Å². The van der Waals surface area contributed by atoms with Gasteiger partial charge in [0.25, 0.3) is 0 Å². The topological polar surface area (TPSA) is 43.6 Å². The van der Waals surface area contributed by atoms with Crippen LogP contribution in [-0.4, -0.2) is 19.5 Å². The van der Waals surface area contributed by atoms with Gasteiger partial charge < -0.3 is 0 Å². The van der Waals surface area contributed by atoms with Crippen LogP contribution in [-0.2, 0) is 5.41 Å². The second-order valence-corrected chi connectivity index (χ2v) is 11.7. The highest BCUT2D eigenvalue weighted by atomic mass is 15.1. The summed E-state index contributed by atoms with van der Waals surface area (Å²) in [7, 11) is 0. The van der Waals surface area contributed by atoms with Crippen LogP contribution in [0.5, 0.6) is 0 Å². The van der Waals surface area contributed by atoms with E-state index in [-0.39, 0.29) is 5.41 Å². The average Bonchev–Trinajstić information content (AvgIpc) is 3.47. The van der Waals surface area contributed by atoms with Crippen molar-refractivity contribution in [1.29, 1.82) is 0 Å². The normalized spacial score (nSPS) is 13.7. The van der Waals surface area contributed by atoms with Crippen molar-refractivity contribution >= 4 is 43.7 Å². The standard InChI is InChI=1S/C38H26N4/c1-38(2)30-14-7-5-12-26(30)28-21-25(17-18-31(28)38)35-37(40-32-15-9-19-39-36(32)41-35)42-33-16-8-6-13-27(33)29-20-23-10-3-4-11-24(23)22-34(29)42/h3-22H,1-2H3. The van der Waals surface area contributed by atoms with E-state index in [0.29, 0.717) is 5.65 Å². The second-order valence-electron chi connectivity index (χ2n) is 11.7. The van der Waals surface area contributed by atoms with E-state index < -0.39 is 0 Å². The first-order valence-electron chi connectivity index (χ1n) is 14.4. The zero-order chi connectivity index (χ0) is 28.0. The highest BCUT2D eigenvalue weighted by Crippen LogP contribution is 2.49. The molecule has 0 fully saturated rings. The van der Waals surface area contributed by atoms with Crippen LogP contribution in [0.1, 0.15) is 25.0 Å². The van der Waals surface area contributed by atoms with Crippen molar-refractivity contribution < 1.29 is 0 Å². The van der Waals surface area contributed by atoms with Crippen LogP contribution >= 0.6 is 0 Å². The molecule has 0 atom stereocenters. The van der Waals surface area contributed by atoms with E-state index in [0.717, 1.165) is 33.6 Å². The fourth-order valence-corrected chi connectivity index (χ4v) is 6.99. The Hall–Kier alpha value is -5.35. The predicted molar refractivity (Wildman–Crippen MR) is 172 cm³/mol. The molecule has 1 aliphatic carbocycles. The van der Waals surface area contributed by atoms with E-state index in [4.69, 9.17) is 9.97 Å². The van der Waals surface area contributed by atoms with Crippen LogP contribution in [0.4, 0.5) is 0 Å². The molecule has 0 N–H and O–H groups in total. The molecule has 198 valence electrons. The maximum absolute atomic E-state index is 5.28. The molecule has 5 aromatic carbocycles. The van der Waals surface area contributed by atoms with Gasteiger partial charge in [-0.2, -0.15) is 0 Å². The van der Waals surface area contributed by atoms with Crippen LogP contribution in [0.3, 0.4) is 0 Å². The Morgan fingerprint density at radius 3 is 2.26 bits per heavy atom. The number of hydrogen-bond donors (Lipinski definition) is 0. The summed E-state index contributed by atoms with van der Waals surface area (Å²) in [5.74, 6) is 0.808. The number of pyridine rings is 1. The Morgan fingerprint density at radius 2 is 1.36 bits per heavy atom. The van der Waals surface area contributed by atoms with E-state index in [1.165, 1.54) is 43.8 Å². The molecule has 0 aliphatic heterocycles. The van der Waals surface area contributed by atoms with E-state index >= 15 is 0 Å². The fraction of sp³-hybridized carbons (Fsp3) is 0.0789. The number of aromatic nitrogens is 4. The average molecular weight is 539 g/mol. The number of para-hydroxylation sites is 1. The van der Waals surface area contributed by atoms with Gasteiger partial charge in [0.2, 0.25) is 0 Å². The van der Waals surface area contributed by atoms with Gasteiger partial charge in [-0.05, 0) is 69.4 Å². The minimum Gasteiger partial charge on any atom is -0.292 e. The molecule has 0 saturated heterocycles. The first-order valence-corrected chi connectivity index (χ1v) is 14.4. The highest BCUT2D eigenvalue weighted by molar-refractivity contribution is 6.13. The van der Waals surface area contributed by atoms with Crippen LogP contribution in [0, 0.1) is 0 Å². The van der Waals surface area contributed by atoms with Crippen LogP contribution in [0.2, 0.25) is 0 Å². The molecule has 0 saturated carbocycles. The SMILES string of the molecule is CC1(C)c2ccccc2-c2cc(-c3nc4ncccc4nc3-n3c4ccccc4c4cc5ccccc5cc43)ccc21. The number of nitrogens with zero attached hydrogens (tertiary/aromatic N) is 4. The van der Waals surface area contributed by atoms with Gasteiger partial charge in [-0.3, -0.25) is 4.57 Å². The molecule has 3 heterocycles. The maximum atomic E-state index is 5.28. The molecule has 1 aliphatic rings. The fourth-order valence-electron chi connectivity index (χ4n) is 6.99. The third-order valence-electron chi connectivity index (χ3n) is 9.03. The Balaban J connectivity index is 1.39. The van der Waals surface area contributed by atoms with Crippen molar-refractivity contribution in [2.75, 3.05) is 0 Å². The molecule has 0 radical (unpaired) electrons. The molecule has 9 rings (SSSR count). The largest absolute Gasteiger partial charge is 0.292 e. The molecule has 0 spiro atoms. The molecule has 0 bridgehead atoms. The van der Waals surface area contributed by atoms with Gasteiger partial charge in [-0.1, -0.05) is 92.7 Å². The lowest BCUT2D eigenvalue weighted by Gasteiger charge is -2.21. The Kier molecular flexibility index (Phi) is 4.64. The van der Waals surface area contributed by atoms with E-state index in [1.807, 2.05) is 12.1 Å². The zero-order valence-electron chi connectivity index (χ0n) is 23.3. The molecule has 0 amide bonds. The lowest BCUT2D eigenvalue weighted by Crippen LogP contribution is -2.14. The van der Waals surface area contributed by atoms with Gasteiger partial charge >= 0.3 is 0 Å². The van der Waals surface area contributed by atoms with Gasteiger partial charge in [0.05, 0.1) is 11.0 Å². The van der Waals surface area contributed by atoms with Gasteiger partial charge in [-0.25, -0.2) is 15.0 Å². The molecular formula is C38H26N4. The number of fused-ring (bicyclic) bond motifs is 8. The summed E-state index contributed by atoms with van der Waals surface area (Å²) in [5.41, 5.74) is 10.7. The first kappa shape index (κ1) is 23.4. The van der Waals surface area contributed by atoms with Crippen molar-refractivity contribution in [2.24, 2.45) is 0 Å². The minimum atomic E-state index is -0.0577. The predicted octanol–water partition coefficient (Wildman–Crippen LogP) is 9.25. The van der Waals surface area contributed by atoms with Crippen molar-refractivity contribution in [1.82, 2.24) is 19.5 Å². The lowest BCUT2D eigenvalue weighted by atomic mass is 9.82. The zero-order valence-corrected chi connectivity index (χ0v) is 23.3. The third-order valence-corrected chi connectivity index (χ3v) is 9.03. The Bertz CT molecular complexity index is 2400. The Morgan fingerprint density at radius 1 is 0.595 bits per heavy atom.